The van der Waals surface area contributed by atoms with Crippen LogP contribution in [-0.2, 0) is 9.59 Å². The third kappa shape index (κ3) is 2.21. The number of β-lactam (4-membered cyclic amide) rings is 1. The third-order valence-electron chi connectivity index (χ3n) is 2.84. The number of amides is 1. The van der Waals surface area contributed by atoms with Crippen molar-refractivity contribution in [3.63, 3.8) is 0 Å². The van der Waals surface area contributed by atoms with Crippen molar-refractivity contribution >= 4 is 35.4 Å². The lowest BCUT2D eigenvalue weighted by molar-refractivity contribution is -0.146. The van der Waals surface area contributed by atoms with Gasteiger partial charge in [0.1, 0.15) is 5.70 Å². The molecule has 3 heterocycles. The average Bonchev–Trinajstić information content (AvgIpc) is 2.88. The van der Waals surface area contributed by atoms with Gasteiger partial charge in [0.25, 0.3) is 0 Å². The summed E-state index contributed by atoms with van der Waals surface area (Å²) in [5, 5.41) is 23.1. The first-order valence-corrected chi connectivity index (χ1v) is 7.45. The molecular formula is C9H9N5O3S2. The number of aromatic nitrogens is 4. The number of hydrogen-bond acceptors (Lipinski definition) is 7. The van der Waals surface area contributed by atoms with Crippen LogP contribution >= 0.6 is 23.5 Å². The Bertz CT molecular complexity index is 558. The van der Waals surface area contributed by atoms with Crippen molar-refractivity contribution in [2.45, 2.75) is 17.0 Å². The van der Waals surface area contributed by atoms with Crippen LogP contribution in [0.4, 0.5) is 0 Å². The van der Waals surface area contributed by atoms with Gasteiger partial charge in [-0.3, -0.25) is 9.69 Å². The number of carbonyl (C=O) groups excluding carboxylic acids is 1. The monoisotopic (exact) mass is 299 g/mol. The summed E-state index contributed by atoms with van der Waals surface area (Å²) in [6.07, 6.45) is 0.423. The number of thioether (sulfide) groups is 2. The predicted octanol–water partition coefficient (Wildman–Crippen LogP) is -0.0643. The molecule has 1 aromatic rings. The molecule has 19 heavy (non-hydrogen) atoms. The van der Waals surface area contributed by atoms with E-state index in [4.69, 9.17) is 0 Å². The minimum atomic E-state index is -1.05. The molecule has 2 N–H and O–H groups in total. The maximum absolute atomic E-state index is 11.5. The Kier molecular flexibility index (Phi) is 3.19. The zero-order valence-electron chi connectivity index (χ0n) is 9.57. The van der Waals surface area contributed by atoms with Crippen molar-refractivity contribution < 1.29 is 14.7 Å². The molecule has 10 heteroatoms. The van der Waals surface area contributed by atoms with Crippen LogP contribution in [0.5, 0.6) is 0 Å². The molecule has 3 rings (SSSR count). The largest absolute Gasteiger partial charge is 0.477 e. The Morgan fingerprint density at radius 2 is 2.47 bits per heavy atom. The molecule has 0 aliphatic carbocycles. The van der Waals surface area contributed by atoms with Gasteiger partial charge in [-0.25, -0.2) is 4.79 Å². The molecule has 0 aromatic carbocycles. The smallest absolute Gasteiger partial charge is 0.352 e. The normalized spacial score (nSPS) is 22.2. The van der Waals surface area contributed by atoms with E-state index in [1.54, 1.807) is 11.8 Å². The standard InChI is InChI=1S/C9H9N5O3S2/c15-5-1-6-14(5)7(8(16)17)4(2-18-6)3-19-9-10-12-13-11-9/h6H,1-3H2,(H,16,17)(H,10,11,12,13). The van der Waals surface area contributed by atoms with Gasteiger partial charge >= 0.3 is 5.97 Å². The van der Waals surface area contributed by atoms with Gasteiger partial charge in [-0.15, -0.1) is 22.0 Å². The topological polar surface area (TPSA) is 112 Å². The number of rotatable bonds is 4. The molecule has 1 aromatic heterocycles. The second-order valence-corrected chi connectivity index (χ2v) is 6.08. The number of nitrogens with one attached hydrogen (secondary N) is 1. The summed E-state index contributed by atoms with van der Waals surface area (Å²) in [7, 11) is 0. The van der Waals surface area contributed by atoms with Gasteiger partial charge in [-0.2, -0.15) is 5.21 Å². The minimum Gasteiger partial charge on any atom is -0.477 e. The van der Waals surface area contributed by atoms with Crippen LogP contribution in [0.15, 0.2) is 16.4 Å². The molecular weight excluding hydrogens is 290 g/mol. The second kappa shape index (κ2) is 4.85. The average molecular weight is 299 g/mol. The fourth-order valence-electron chi connectivity index (χ4n) is 1.95. The molecule has 0 spiro atoms. The van der Waals surface area contributed by atoms with E-state index in [2.05, 4.69) is 20.6 Å². The SMILES string of the molecule is O=C(O)C1=C(CSc2nn[nH]n2)CSC2CC(=O)N12. The highest BCUT2D eigenvalue weighted by Crippen LogP contribution is 2.40. The minimum absolute atomic E-state index is 0.0162. The van der Waals surface area contributed by atoms with Crippen molar-refractivity contribution in [2.75, 3.05) is 11.5 Å². The lowest BCUT2D eigenvalue weighted by Gasteiger charge is -2.43. The number of nitrogens with zero attached hydrogens (tertiary/aromatic N) is 4. The van der Waals surface area contributed by atoms with Crippen LogP contribution in [-0.4, -0.2) is 59.4 Å². The molecule has 2 aliphatic rings. The van der Waals surface area contributed by atoms with E-state index in [1.807, 2.05) is 0 Å². The lowest BCUT2D eigenvalue weighted by Crippen LogP contribution is -2.54. The zero-order valence-corrected chi connectivity index (χ0v) is 11.2. The fourth-order valence-corrected chi connectivity index (χ4v) is 4.09. The van der Waals surface area contributed by atoms with E-state index in [9.17, 15) is 14.7 Å². The summed E-state index contributed by atoms with van der Waals surface area (Å²) in [4.78, 5) is 24.2. The number of tetrazole rings is 1. The highest BCUT2D eigenvalue weighted by molar-refractivity contribution is 8.00. The van der Waals surface area contributed by atoms with Gasteiger partial charge in [0.05, 0.1) is 11.8 Å². The molecule has 100 valence electrons. The molecule has 1 saturated heterocycles. The third-order valence-corrected chi connectivity index (χ3v) is 5.04. The van der Waals surface area contributed by atoms with Crippen molar-refractivity contribution in [1.82, 2.24) is 25.5 Å². The second-order valence-electron chi connectivity index (χ2n) is 3.97. The number of carbonyl (C=O) groups is 2. The van der Waals surface area contributed by atoms with Crippen molar-refractivity contribution in [1.29, 1.82) is 0 Å². The van der Waals surface area contributed by atoms with Gasteiger partial charge in [0.2, 0.25) is 11.1 Å². The van der Waals surface area contributed by atoms with E-state index in [0.717, 1.165) is 5.57 Å². The number of carboxylic acids is 1. The Morgan fingerprint density at radius 3 is 3.11 bits per heavy atom. The molecule has 1 fully saturated rings. The molecule has 0 bridgehead atoms. The Morgan fingerprint density at radius 1 is 1.63 bits per heavy atom. The van der Waals surface area contributed by atoms with Crippen LogP contribution in [0.3, 0.4) is 0 Å². The summed E-state index contributed by atoms with van der Waals surface area (Å²) < 4.78 is 0. The molecule has 2 aliphatic heterocycles. The summed E-state index contributed by atoms with van der Waals surface area (Å²) >= 11 is 2.88. The highest BCUT2D eigenvalue weighted by atomic mass is 32.2. The van der Waals surface area contributed by atoms with E-state index in [-0.39, 0.29) is 17.0 Å². The van der Waals surface area contributed by atoms with E-state index in [1.165, 1.54) is 16.7 Å². The number of aromatic amines is 1. The van der Waals surface area contributed by atoms with Crippen LogP contribution in [0.1, 0.15) is 6.42 Å². The van der Waals surface area contributed by atoms with E-state index >= 15 is 0 Å². The Hall–Kier alpha value is -1.55. The van der Waals surface area contributed by atoms with E-state index in [0.29, 0.717) is 23.1 Å². The molecule has 0 saturated carbocycles. The predicted molar refractivity (Wildman–Crippen MR) is 67.3 cm³/mol. The summed E-state index contributed by atoms with van der Waals surface area (Å²) in [5.41, 5.74) is 0.840. The molecule has 0 radical (unpaired) electrons. The maximum Gasteiger partial charge on any atom is 0.352 e. The number of hydrogen-bond donors (Lipinski definition) is 2. The van der Waals surface area contributed by atoms with E-state index < -0.39 is 5.97 Å². The first kappa shape index (κ1) is 12.5. The molecule has 1 atom stereocenters. The van der Waals surface area contributed by atoms with Crippen LogP contribution in [0.25, 0.3) is 0 Å². The lowest BCUT2D eigenvalue weighted by atomic mass is 10.1. The number of fused-ring (bicyclic) bond motifs is 1. The van der Waals surface area contributed by atoms with Gasteiger partial charge in [0, 0.05) is 11.5 Å². The number of carboxylic acid groups (broad SMARTS) is 1. The fraction of sp³-hybridized carbons (Fsp3) is 0.444. The Labute approximate surface area is 116 Å². The molecule has 1 unspecified atom stereocenters. The molecule has 1 amide bonds. The first-order valence-electron chi connectivity index (χ1n) is 5.42. The van der Waals surface area contributed by atoms with Crippen LogP contribution in [0, 0.1) is 0 Å². The maximum atomic E-state index is 11.5. The number of aliphatic carboxylic acids is 1. The van der Waals surface area contributed by atoms with Crippen molar-refractivity contribution in [3.8, 4) is 0 Å². The van der Waals surface area contributed by atoms with Gasteiger partial charge in [-0.05, 0) is 10.8 Å². The quantitative estimate of drug-likeness (QED) is 0.587. The zero-order chi connectivity index (χ0) is 13.4. The van der Waals surface area contributed by atoms with Gasteiger partial charge in [0.15, 0.2) is 0 Å². The summed E-state index contributed by atoms with van der Waals surface area (Å²) in [6, 6.07) is 0. The first-order chi connectivity index (χ1) is 9.16. The van der Waals surface area contributed by atoms with Crippen LogP contribution in [0.2, 0.25) is 0 Å². The van der Waals surface area contributed by atoms with Crippen molar-refractivity contribution in [2.24, 2.45) is 0 Å². The van der Waals surface area contributed by atoms with Gasteiger partial charge < -0.3 is 5.11 Å². The van der Waals surface area contributed by atoms with Crippen molar-refractivity contribution in [3.05, 3.63) is 11.3 Å². The highest BCUT2D eigenvalue weighted by Gasteiger charge is 2.45. The van der Waals surface area contributed by atoms with Gasteiger partial charge in [-0.1, -0.05) is 11.8 Å². The number of H-pyrrole nitrogens is 1. The Balaban J connectivity index is 1.81. The molecule has 8 nitrogen and oxygen atoms in total. The summed E-state index contributed by atoms with van der Waals surface area (Å²) in [6.45, 7) is 0. The van der Waals surface area contributed by atoms with Crippen LogP contribution < -0.4 is 0 Å². The summed E-state index contributed by atoms with van der Waals surface area (Å²) in [5.74, 6) is -0.135.